The number of ether oxygens (including phenoxy) is 3. The minimum absolute atomic E-state index is 0. The Hall–Kier alpha value is -2.57. The zero-order valence-electron chi connectivity index (χ0n) is 26.9. The summed E-state index contributed by atoms with van der Waals surface area (Å²) in [5, 5.41) is 28.8. The van der Waals surface area contributed by atoms with Gasteiger partial charge in [0.1, 0.15) is 0 Å². The first-order chi connectivity index (χ1) is 19.5. The topological polar surface area (TPSA) is 149 Å². The number of rotatable bonds is 6. The number of hydrogen-bond acceptors (Lipinski definition) is 12. The van der Waals surface area contributed by atoms with Gasteiger partial charge in [0.25, 0.3) is 0 Å². The molecule has 0 amide bonds. The van der Waals surface area contributed by atoms with E-state index in [4.69, 9.17) is 14.2 Å². The predicted molar refractivity (Wildman–Crippen MR) is 159 cm³/mol. The van der Waals surface area contributed by atoms with Crippen molar-refractivity contribution in [2.24, 2.45) is 0 Å². The summed E-state index contributed by atoms with van der Waals surface area (Å²) < 4.78 is 16.5. The molecule has 3 aliphatic rings. The number of aliphatic hydroxyl groups excluding tert-OH is 3. The molecule has 3 aliphatic heterocycles. The summed E-state index contributed by atoms with van der Waals surface area (Å²) in [6.45, 7) is 19.7. The minimum atomic E-state index is -0.144. The molecule has 0 aromatic heterocycles. The third-order valence-corrected chi connectivity index (χ3v) is 6.23. The van der Waals surface area contributed by atoms with Crippen LogP contribution in [-0.2, 0) is 45.7 Å². The van der Waals surface area contributed by atoms with Gasteiger partial charge in [-0.2, -0.15) is 0 Å². The first-order valence-electron chi connectivity index (χ1n) is 14.4. The molecule has 6 atom stereocenters. The number of carbonyl (C=O) groups is 3. The van der Waals surface area contributed by atoms with E-state index >= 15 is 0 Å². The average Bonchev–Trinajstić information content (AvgIpc) is 2.82. The molecule has 0 spiro atoms. The van der Waals surface area contributed by atoms with Crippen LogP contribution in [0.15, 0.2) is 35.9 Å². The zero-order chi connectivity index (χ0) is 32.1. The van der Waals surface area contributed by atoms with Gasteiger partial charge in [0.05, 0.1) is 36.6 Å². The Morgan fingerprint density at radius 3 is 0.791 bits per heavy atom. The SMILES string of the molecule is CC(=O)C=C(O)N1CC(C)OC(C)C1.CC(=O)C=C(O)N1CC(C)OC(C)C1.CC(=O)C=C(O)N1CC(C)OC(C)C1.[Fe]. The second kappa shape index (κ2) is 19.7. The van der Waals surface area contributed by atoms with Crippen molar-refractivity contribution in [1.82, 2.24) is 14.7 Å². The predicted octanol–water partition coefficient (Wildman–Crippen LogP) is 3.25. The monoisotopic (exact) mass is 653 g/mol. The van der Waals surface area contributed by atoms with E-state index in [0.29, 0.717) is 39.3 Å². The van der Waals surface area contributed by atoms with Crippen molar-refractivity contribution in [1.29, 1.82) is 0 Å². The van der Waals surface area contributed by atoms with Gasteiger partial charge in [-0.25, -0.2) is 0 Å². The Labute approximate surface area is 266 Å². The van der Waals surface area contributed by atoms with E-state index in [1.54, 1.807) is 14.7 Å². The van der Waals surface area contributed by atoms with E-state index in [-0.39, 0.29) is 88.7 Å². The molecule has 13 heteroatoms. The van der Waals surface area contributed by atoms with Crippen LogP contribution in [0, 0.1) is 0 Å². The molecule has 0 aliphatic carbocycles. The van der Waals surface area contributed by atoms with Gasteiger partial charge >= 0.3 is 0 Å². The quantitative estimate of drug-likeness (QED) is 0.220. The van der Waals surface area contributed by atoms with E-state index < -0.39 is 0 Å². The summed E-state index contributed by atoms with van der Waals surface area (Å²) in [7, 11) is 0. The number of aliphatic hydroxyl groups is 3. The average molecular weight is 654 g/mol. The van der Waals surface area contributed by atoms with E-state index in [9.17, 15) is 29.7 Å². The Morgan fingerprint density at radius 2 is 0.651 bits per heavy atom. The molecule has 12 nitrogen and oxygen atoms in total. The van der Waals surface area contributed by atoms with Gasteiger partial charge in [-0.1, -0.05) is 0 Å². The summed E-state index contributed by atoms with van der Waals surface area (Å²) in [6, 6.07) is 0. The van der Waals surface area contributed by atoms with Crippen molar-refractivity contribution < 1.29 is 61.0 Å². The molecule has 0 radical (unpaired) electrons. The molecule has 3 heterocycles. The van der Waals surface area contributed by atoms with E-state index in [0.717, 1.165) is 0 Å². The van der Waals surface area contributed by atoms with Crippen LogP contribution in [0.2, 0.25) is 0 Å². The molecule has 248 valence electrons. The molecular formula is C30H51FeN3O9. The number of allylic oxidation sites excluding steroid dienone is 3. The van der Waals surface area contributed by atoms with Crippen LogP contribution < -0.4 is 0 Å². The number of hydrogen-bond donors (Lipinski definition) is 3. The maximum Gasteiger partial charge on any atom is 0.190 e. The number of morpholine rings is 3. The largest absolute Gasteiger partial charge is 0.495 e. The van der Waals surface area contributed by atoms with Gasteiger partial charge in [-0.15, -0.1) is 0 Å². The van der Waals surface area contributed by atoms with Gasteiger partial charge in [0.2, 0.25) is 0 Å². The number of nitrogens with zero attached hydrogens (tertiary/aromatic N) is 3. The standard InChI is InChI=1S/3C10H17NO3.Fe/c3*1-7(12)4-10(13)11-5-8(2)14-9(3)6-11;/h3*4,8-9,13H,5-6H2,1-3H3;. The molecule has 3 fully saturated rings. The van der Waals surface area contributed by atoms with Crippen molar-refractivity contribution in [2.45, 2.75) is 98.9 Å². The maximum absolute atomic E-state index is 10.8. The fraction of sp³-hybridized carbons (Fsp3) is 0.700. The van der Waals surface area contributed by atoms with Crippen molar-refractivity contribution in [2.75, 3.05) is 39.3 Å². The normalized spacial score (nSPS) is 28.4. The molecule has 0 saturated carbocycles. The maximum atomic E-state index is 10.8. The fourth-order valence-corrected chi connectivity index (χ4v) is 4.91. The first kappa shape index (κ1) is 40.4. The third-order valence-electron chi connectivity index (χ3n) is 6.23. The molecule has 43 heavy (non-hydrogen) atoms. The second-order valence-electron chi connectivity index (χ2n) is 11.3. The van der Waals surface area contributed by atoms with Crippen molar-refractivity contribution >= 4 is 17.3 Å². The molecular weight excluding hydrogens is 602 g/mol. The first-order valence-corrected chi connectivity index (χ1v) is 14.4. The van der Waals surface area contributed by atoms with Crippen LogP contribution in [0.5, 0.6) is 0 Å². The minimum Gasteiger partial charge on any atom is -0.495 e. The molecule has 3 saturated heterocycles. The molecule has 0 aromatic rings. The van der Waals surface area contributed by atoms with Gasteiger partial charge < -0.3 is 44.2 Å². The molecule has 3 rings (SSSR count). The van der Waals surface area contributed by atoms with Gasteiger partial charge in [0.15, 0.2) is 35.0 Å². The molecule has 0 aromatic carbocycles. The zero-order valence-corrected chi connectivity index (χ0v) is 28.0. The molecule has 0 bridgehead atoms. The van der Waals surface area contributed by atoms with Crippen LogP contribution >= 0.6 is 0 Å². The summed E-state index contributed by atoms with van der Waals surface area (Å²) in [5.41, 5.74) is 0. The van der Waals surface area contributed by atoms with Crippen LogP contribution in [0.1, 0.15) is 62.3 Å². The van der Waals surface area contributed by atoms with E-state index in [1.807, 2.05) is 41.5 Å². The van der Waals surface area contributed by atoms with Gasteiger partial charge in [-0.3, -0.25) is 14.4 Å². The van der Waals surface area contributed by atoms with Gasteiger partial charge in [0, 0.05) is 74.6 Å². The fourth-order valence-electron chi connectivity index (χ4n) is 4.91. The van der Waals surface area contributed by atoms with Crippen LogP contribution in [-0.4, -0.2) is 123 Å². The van der Waals surface area contributed by atoms with E-state index in [2.05, 4.69) is 0 Å². The van der Waals surface area contributed by atoms with Crippen LogP contribution in [0.25, 0.3) is 0 Å². The van der Waals surface area contributed by atoms with Crippen molar-refractivity contribution in [3.05, 3.63) is 35.9 Å². The smallest absolute Gasteiger partial charge is 0.190 e. The Balaban J connectivity index is 0.000000608. The summed E-state index contributed by atoms with van der Waals surface area (Å²) in [4.78, 5) is 37.6. The third kappa shape index (κ3) is 16.7. The Morgan fingerprint density at radius 1 is 0.488 bits per heavy atom. The van der Waals surface area contributed by atoms with Crippen LogP contribution in [0.4, 0.5) is 0 Å². The summed E-state index contributed by atoms with van der Waals surface area (Å²) in [6.07, 6.45) is 4.23. The molecule has 3 N–H and O–H groups in total. The Bertz CT molecular complexity index is 850. The Kier molecular flexibility index (Phi) is 18.5. The molecule has 6 unspecified atom stereocenters. The van der Waals surface area contributed by atoms with Gasteiger partial charge in [-0.05, 0) is 62.3 Å². The summed E-state index contributed by atoms with van der Waals surface area (Å²) in [5.74, 6) is -0.309. The van der Waals surface area contributed by atoms with Crippen molar-refractivity contribution in [3.63, 3.8) is 0 Å². The number of carbonyl (C=O) groups excluding carboxylic acids is 3. The number of ketones is 3. The van der Waals surface area contributed by atoms with Crippen molar-refractivity contribution in [3.8, 4) is 0 Å². The summed E-state index contributed by atoms with van der Waals surface area (Å²) >= 11 is 0. The van der Waals surface area contributed by atoms with Crippen LogP contribution in [0.3, 0.4) is 0 Å². The second-order valence-corrected chi connectivity index (χ2v) is 11.3. The van der Waals surface area contributed by atoms with E-state index in [1.165, 1.54) is 39.0 Å².